The van der Waals surface area contributed by atoms with Crippen molar-refractivity contribution in [3.8, 4) is 0 Å². The highest BCUT2D eigenvalue weighted by Gasteiger charge is 2.31. The van der Waals surface area contributed by atoms with E-state index >= 15 is 0 Å². The third-order valence-corrected chi connectivity index (χ3v) is 5.39. The topological polar surface area (TPSA) is 29.3 Å². The fraction of sp³-hybridized carbons (Fsp3) is 0.267. The van der Waals surface area contributed by atoms with Crippen LogP contribution in [-0.2, 0) is 6.54 Å². The second kappa shape index (κ2) is 6.02. The standard InChI is InChI=1S/C15H14BrFN2S2/c16-13-11(15(18)20)5-6-12(14(13)17)19(9-3-4-9)8-10-2-1-7-21-10/h1-2,5-7,9H,3-4,8H2,(H2,18,20). The molecule has 3 rings (SSSR count). The van der Waals surface area contributed by atoms with Gasteiger partial charge < -0.3 is 10.6 Å². The van der Waals surface area contributed by atoms with Gasteiger partial charge in [0, 0.05) is 16.5 Å². The average Bonchev–Trinajstić information content (AvgIpc) is 3.16. The summed E-state index contributed by atoms with van der Waals surface area (Å²) in [6.45, 7) is 0.734. The number of nitrogens with two attached hydrogens (primary N) is 1. The van der Waals surface area contributed by atoms with Crippen LogP contribution in [0.15, 0.2) is 34.1 Å². The summed E-state index contributed by atoms with van der Waals surface area (Å²) in [7, 11) is 0. The van der Waals surface area contributed by atoms with Crippen LogP contribution in [0.1, 0.15) is 23.3 Å². The summed E-state index contributed by atoms with van der Waals surface area (Å²) in [6, 6.07) is 8.09. The molecule has 1 aliphatic rings. The zero-order valence-electron chi connectivity index (χ0n) is 11.2. The Bertz CT molecular complexity index is 669. The Labute approximate surface area is 140 Å². The Hall–Kier alpha value is -0.980. The first-order valence-corrected chi connectivity index (χ1v) is 8.73. The van der Waals surface area contributed by atoms with Crippen molar-refractivity contribution in [2.24, 2.45) is 5.73 Å². The molecule has 0 aliphatic heterocycles. The van der Waals surface area contributed by atoms with Crippen molar-refractivity contribution in [3.63, 3.8) is 0 Å². The maximum Gasteiger partial charge on any atom is 0.161 e. The summed E-state index contributed by atoms with van der Waals surface area (Å²) in [5, 5.41) is 2.04. The summed E-state index contributed by atoms with van der Waals surface area (Å²) in [4.78, 5) is 3.56. The van der Waals surface area contributed by atoms with Gasteiger partial charge >= 0.3 is 0 Å². The lowest BCUT2D eigenvalue weighted by Gasteiger charge is -2.25. The number of thiophene rings is 1. The van der Waals surface area contributed by atoms with E-state index in [9.17, 15) is 4.39 Å². The van der Waals surface area contributed by atoms with Gasteiger partial charge in [0.15, 0.2) is 5.82 Å². The van der Waals surface area contributed by atoms with E-state index in [1.165, 1.54) is 4.88 Å². The Morgan fingerprint density at radius 3 is 2.76 bits per heavy atom. The van der Waals surface area contributed by atoms with Gasteiger partial charge in [-0.05, 0) is 52.4 Å². The molecule has 1 aromatic heterocycles. The normalized spacial score (nSPS) is 14.2. The van der Waals surface area contributed by atoms with Crippen LogP contribution in [0.4, 0.5) is 10.1 Å². The third-order valence-electron chi connectivity index (χ3n) is 3.53. The van der Waals surface area contributed by atoms with E-state index in [2.05, 4.69) is 26.9 Å². The van der Waals surface area contributed by atoms with Crippen LogP contribution in [0.5, 0.6) is 0 Å². The molecule has 1 aromatic carbocycles. The quantitative estimate of drug-likeness (QED) is 0.771. The molecule has 2 N–H and O–H groups in total. The molecule has 0 radical (unpaired) electrons. The van der Waals surface area contributed by atoms with Crippen molar-refractivity contribution in [1.29, 1.82) is 0 Å². The van der Waals surface area contributed by atoms with Gasteiger partial charge in [-0.3, -0.25) is 0 Å². The minimum Gasteiger partial charge on any atom is -0.389 e. The van der Waals surface area contributed by atoms with Gasteiger partial charge in [-0.1, -0.05) is 18.3 Å². The molecular formula is C15H14BrFN2S2. The Morgan fingerprint density at radius 1 is 1.43 bits per heavy atom. The number of hydrogen-bond acceptors (Lipinski definition) is 3. The zero-order chi connectivity index (χ0) is 15.0. The maximum atomic E-state index is 14.7. The van der Waals surface area contributed by atoms with Crippen LogP contribution in [0.25, 0.3) is 0 Å². The van der Waals surface area contributed by atoms with Crippen LogP contribution in [0.2, 0.25) is 0 Å². The van der Waals surface area contributed by atoms with Gasteiger partial charge in [-0.15, -0.1) is 11.3 Å². The molecule has 0 saturated heterocycles. The van der Waals surface area contributed by atoms with Gasteiger partial charge in [0.05, 0.1) is 16.7 Å². The Morgan fingerprint density at radius 2 is 2.19 bits per heavy atom. The molecule has 2 aromatic rings. The fourth-order valence-electron chi connectivity index (χ4n) is 2.32. The molecule has 0 amide bonds. The van der Waals surface area contributed by atoms with Gasteiger partial charge in [0.25, 0.3) is 0 Å². The van der Waals surface area contributed by atoms with E-state index in [1.54, 1.807) is 23.5 Å². The van der Waals surface area contributed by atoms with Crippen LogP contribution in [0.3, 0.4) is 0 Å². The second-order valence-corrected chi connectivity index (χ2v) is 7.33. The van der Waals surface area contributed by atoms with E-state index < -0.39 is 0 Å². The number of hydrogen-bond donors (Lipinski definition) is 1. The molecule has 6 heteroatoms. The Balaban J connectivity index is 1.96. The minimum atomic E-state index is -0.288. The van der Waals surface area contributed by atoms with Gasteiger partial charge in [-0.2, -0.15) is 0 Å². The van der Waals surface area contributed by atoms with Crippen LogP contribution < -0.4 is 10.6 Å². The van der Waals surface area contributed by atoms with Crippen molar-refractivity contribution in [3.05, 3.63) is 50.4 Å². The van der Waals surface area contributed by atoms with Crippen LogP contribution >= 0.6 is 39.5 Å². The minimum absolute atomic E-state index is 0.198. The summed E-state index contributed by atoms with van der Waals surface area (Å²) < 4.78 is 15.0. The first-order chi connectivity index (χ1) is 10.1. The van der Waals surface area contributed by atoms with E-state index in [0.29, 0.717) is 21.8 Å². The molecule has 0 atom stereocenters. The van der Waals surface area contributed by atoms with E-state index in [-0.39, 0.29) is 10.8 Å². The first kappa shape index (κ1) is 14.9. The van der Waals surface area contributed by atoms with Crippen molar-refractivity contribution in [2.75, 3.05) is 4.90 Å². The van der Waals surface area contributed by atoms with Crippen LogP contribution in [0, 0.1) is 5.82 Å². The SMILES string of the molecule is NC(=S)c1ccc(N(Cc2cccs2)C2CC2)c(F)c1Br. The molecule has 110 valence electrons. The zero-order valence-corrected chi connectivity index (χ0v) is 14.4. The molecule has 1 saturated carbocycles. The van der Waals surface area contributed by atoms with E-state index in [1.807, 2.05) is 11.4 Å². The van der Waals surface area contributed by atoms with Gasteiger partial charge in [-0.25, -0.2) is 4.39 Å². The molecule has 21 heavy (non-hydrogen) atoms. The van der Waals surface area contributed by atoms with Gasteiger partial charge in [0.2, 0.25) is 0 Å². The molecule has 0 bridgehead atoms. The molecular weight excluding hydrogens is 371 g/mol. The summed E-state index contributed by atoms with van der Waals surface area (Å²) in [6.07, 6.45) is 2.22. The predicted molar refractivity (Wildman–Crippen MR) is 93.5 cm³/mol. The Kier molecular flexibility index (Phi) is 4.28. The number of halogens is 2. The molecule has 0 spiro atoms. The number of rotatable bonds is 5. The highest BCUT2D eigenvalue weighted by molar-refractivity contribution is 9.10. The summed E-state index contributed by atoms with van der Waals surface area (Å²) >= 11 is 9.92. The van der Waals surface area contributed by atoms with Crippen molar-refractivity contribution < 1.29 is 4.39 Å². The molecule has 1 aliphatic carbocycles. The lowest BCUT2D eigenvalue weighted by molar-refractivity contribution is 0.608. The fourth-order valence-corrected chi connectivity index (χ4v) is 3.87. The average molecular weight is 385 g/mol. The summed E-state index contributed by atoms with van der Waals surface area (Å²) in [5.41, 5.74) is 6.76. The van der Waals surface area contributed by atoms with Gasteiger partial charge in [0.1, 0.15) is 4.99 Å². The molecule has 2 nitrogen and oxygen atoms in total. The third kappa shape index (κ3) is 3.12. The highest BCUT2D eigenvalue weighted by Crippen LogP contribution is 2.37. The maximum absolute atomic E-state index is 14.7. The first-order valence-electron chi connectivity index (χ1n) is 6.64. The molecule has 0 unspecified atom stereocenters. The summed E-state index contributed by atoms with van der Waals surface area (Å²) in [5.74, 6) is -0.288. The lowest BCUT2D eigenvalue weighted by Crippen LogP contribution is -2.26. The lowest BCUT2D eigenvalue weighted by atomic mass is 10.1. The number of nitrogens with zero attached hydrogens (tertiary/aromatic N) is 1. The predicted octanol–water partition coefficient (Wildman–Crippen LogP) is 4.45. The van der Waals surface area contributed by atoms with Crippen LogP contribution in [-0.4, -0.2) is 11.0 Å². The van der Waals surface area contributed by atoms with Crippen molar-refractivity contribution in [1.82, 2.24) is 0 Å². The van der Waals surface area contributed by atoms with Crippen molar-refractivity contribution in [2.45, 2.75) is 25.4 Å². The molecule has 1 fully saturated rings. The largest absolute Gasteiger partial charge is 0.389 e. The number of thiocarbonyl (C=S) groups is 1. The number of anilines is 1. The molecule has 1 heterocycles. The van der Waals surface area contributed by atoms with Crippen molar-refractivity contribution >= 4 is 50.2 Å². The van der Waals surface area contributed by atoms with E-state index in [0.717, 1.165) is 19.4 Å². The number of benzene rings is 1. The smallest absolute Gasteiger partial charge is 0.161 e. The second-order valence-electron chi connectivity index (χ2n) is 5.06. The monoisotopic (exact) mass is 384 g/mol. The van der Waals surface area contributed by atoms with E-state index in [4.69, 9.17) is 18.0 Å². The highest BCUT2D eigenvalue weighted by atomic mass is 79.9.